The summed E-state index contributed by atoms with van der Waals surface area (Å²) in [4.78, 5) is 25.2. The van der Waals surface area contributed by atoms with Crippen LogP contribution in [0.4, 0.5) is 0 Å². The van der Waals surface area contributed by atoms with E-state index >= 15 is 0 Å². The third-order valence-corrected chi connectivity index (χ3v) is 6.35. The quantitative estimate of drug-likeness (QED) is 0.594. The molecule has 156 valence electrons. The van der Waals surface area contributed by atoms with Crippen LogP contribution in [0.15, 0.2) is 11.6 Å². The Morgan fingerprint density at radius 1 is 1.04 bits per heavy atom. The van der Waals surface area contributed by atoms with Crippen LogP contribution < -0.4 is 0 Å². The molecule has 27 heavy (non-hydrogen) atoms. The number of allylic oxidation sites excluding steroid dienone is 2. The van der Waals surface area contributed by atoms with Gasteiger partial charge in [0.1, 0.15) is 11.6 Å². The molecule has 0 spiro atoms. The van der Waals surface area contributed by atoms with E-state index in [-0.39, 0.29) is 53.4 Å². The predicted octanol–water partition coefficient (Wildman–Crippen LogP) is 4.59. The maximum atomic E-state index is 13.0. The topological polar surface area (TPSA) is 63.6 Å². The van der Waals surface area contributed by atoms with Crippen molar-refractivity contribution in [2.45, 2.75) is 93.0 Å². The molecule has 0 amide bonds. The van der Waals surface area contributed by atoms with Crippen LogP contribution in [0.3, 0.4) is 0 Å². The number of carbonyl (C=O) groups excluding carboxylic acids is 2. The van der Waals surface area contributed by atoms with Gasteiger partial charge in [0.15, 0.2) is 0 Å². The largest absolute Gasteiger partial charge is 0.392 e. The highest BCUT2D eigenvalue weighted by Crippen LogP contribution is 2.38. The molecule has 4 nitrogen and oxygen atoms in total. The molecule has 0 aromatic rings. The summed E-state index contributed by atoms with van der Waals surface area (Å²) in [6.07, 6.45) is 3.27. The van der Waals surface area contributed by atoms with E-state index in [0.717, 1.165) is 12.8 Å². The van der Waals surface area contributed by atoms with Gasteiger partial charge in [0.05, 0.1) is 18.3 Å². The summed E-state index contributed by atoms with van der Waals surface area (Å²) < 4.78 is 6.33. The second kappa shape index (κ2) is 10.5. The minimum absolute atomic E-state index is 0.131. The van der Waals surface area contributed by atoms with Crippen LogP contribution in [0.2, 0.25) is 0 Å². The van der Waals surface area contributed by atoms with E-state index < -0.39 is 6.10 Å². The van der Waals surface area contributed by atoms with Crippen LogP contribution in [0, 0.1) is 29.6 Å². The normalized spacial score (nSPS) is 32.6. The minimum Gasteiger partial charge on any atom is -0.392 e. The molecule has 1 aliphatic rings. The van der Waals surface area contributed by atoms with Gasteiger partial charge in [-0.15, -0.1) is 0 Å². The van der Waals surface area contributed by atoms with Crippen molar-refractivity contribution in [3.05, 3.63) is 11.6 Å². The number of ketones is 2. The van der Waals surface area contributed by atoms with Crippen LogP contribution in [0.5, 0.6) is 0 Å². The Bertz CT molecular complexity index is 538. The second-order valence-corrected chi connectivity index (χ2v) is 8.63. The SMILES string of the molecule is CCC/C(C)=C/[C@@H](C)C(=O)[C@@H](C)[C@H]1O[C@@H]([C@H](C)C(=O)CC)[C@H](C)[C@H](O)[C@@H]1C. The number of hydrogen-bond donors (Lipinski definition) is 1. The average Bonchev–Trinajstić information content (AvgIpc) is 2.64. The minimum atomic E-state index is -0.580. The van der Waals surface area contributed by atoms with Gasteiger partial charge in [0, 0.05) is 36.0 Å². The van der Waals surface area contributed by atoms with E-state index in [2.05, 4.69) is 19.9 Å². The zero-order valence-corrected chi connectivity index (χ0v) is 18.5. The lowest BCUT2D eigenvalue weighted by molar-refractivity contribution is -0.195. The number of carbonyl (C=O) groups is 2. The van der Waals surface area contributed by atoms with Crippen molar-refractivity contribution in [3.63, 3.8) is 0 Å². The number of Topliss-reactive ketones (excluding diaryl/α,β-unsaturated/α-hetero) is 2. The fraction of sp³-hybridized carbons (Fsp3) is 0.826. The van der Waals surface area contributed by atoms with Crippen LogP contribution in [-0.4, -0.2) is 35.0 Å². The van der Waals surface area contributed by atoms with Gasteiger partial charge in [0.25, 0.3) is 0 Å². The van der Waals surface area contributed by atoms with E-state index in [0.29, 0.717) is 6.42 Å². The van der Waals surface area contributed by atoms with Gasteiger partial charge < -0.3 is 9.84 Å². The molecule has 8 atom stereocenters. The molecule has 1 N–H and O–H groups in total. The zero-order valence-electron chi connectivity index (χ0n) is 18.5. The average molecular weight is 381 g/mol. The zero-order chi connectivity index (χ0) is 20.9. The van der Waals surface area contributed by atoms with Gasteiger partial charge in [-0.3, -0.25) is 9.59 Å². The molecule has 0 saturated carbocycles. The fourth-order valence-corrected chi connectivity index (χ4v) is 4.51. The van der Waals surface area contributed by atoms with Crippen molar-refractivity contribution in [2.24, 2.45) is 29.6 Å². The summed E-state index contributed by atoms with van der Waals surface area (Å²) in [7, 11) is 0. The van der Waals surface area contributed by atoms with Gasteiger partial charge >= 0.3 is 0 Å². The van der Waals surface area contributed by atoms with Crippen molar-refractivity contribution in [3.8, 4) is 0 Å². The summed E-state index contributed by atoms with van der Waals surface area (Å²) in [5, 5.41) is 10.8. The number of ether oxygens (including phenoxy) is 1. The molecule has 0 bridgehead atoms. The molecule has 1 saturated heterocycles. The number of rotatable bonds is 9. The van der Waals surface area contributed by atoms with Gasteiger partial charge in [-0.1, -0.05) is 66.5 Å². The van der Waals surface area contributed by atoms with Crippen LogP contribution >= 0.6 is 0 Å². The third-order valence-electron chi connectivity index (χ3n) is 6.35. The van der Waals surface area contributed by atoms with E-state index in [1.807, 2.05) is 41.5 Å². The molecule has 4 heteroatoms. The van der Waals surface area contributed by atoms with Crippen molar-refractivity contribution in [2.75, 3.05) is 0 Å². The van der Waals surface area contributed by atoms with Gasteiger partial charge in [-0.2, -0.15) is 0 Å². The molecular weight excluding hydrogens is 340 g/mol. The standard InChI is InChI=1S/C23H40O4/c1-9-11-13(3)12-14(4)20(25)16(6)23-18(8)21(26)17(7)22(27-23)15(5)19(24)10-2/h12,14-18,21-23,26H,9-11H2,1-8H3/b13-12+/t14-,15-,16-,17-,18+,21+,22+,23-/m1/s1. The Hall–Kier alpha value is -1.00. The Kier molecular flexibility index (Phi) is 9.36. The monoisotopic (exact) mass is 380 g/mol. The maximum absolute atomic E-state index is 13.0. The lowest BCUT2D eigenvalue weighted by Crippen LogP contribution is -2.55. The highest BCUT2D eigenvalue weighted by molar-refractivity contribution is 5.85. The smallest absolute Gasteiger partial charge is 0.144 e. The fourth-order valence-electron chi connectivity index (χ4n) is 4.51. The third kappa shape index (κ3) is 5.74. The molecule has 0 radical (unpaired) electrons. The second-order valence-electron chi connectivity index (χ2n) is 8.63. The van der Waals surface area contributed by atoms with E-state index in [1.54, 1.807) is 0 Å². The Labute approximate surface area is 165 Å². The highest BCUT2D eigenvalue weighted by atomic mass is 16.5. The molecule has 1 heterocycles. The first-order chi connectivity index (χ1) is 12.6. The molecule has 1 aliphatic heterocycles. The van der Waals surface area contributed by atoms with Crippen molar-refractivity contribution in [1.29, 1.82) is 0 Å². The molecule has 1 fully saturated rings. The first kappa shape index (κ1) is 24.0. The van der Waals surface area contributed by atoms with Gasteiger partial charge in [-0.25, -0.2) is 0 Å². The summed E-state index contributed by atoms with van der Waals surface area (Å²) in [6, 6.07) is 0. The number of aliphatic hydroxyl groups excluding tert-OH is 1. The lowest BCUT2D eigenvalue weighted by Gasteiger charge is -2.46. The summed E-state index contributed by atoms with van der Waals surface area (Å²) in [5.74, 6) is -0.780. The first-order valence-corrected chi connectivity index (χ1v) is 10.6. The molecule has 0 aromatic carbocycles. The predicted molar refractivity (Wildman–Crippen MR) is 109 cm³/mol. The summed E-state index contributed by atoms with van der Waals surface area (Å²) in [5.41, 5.74) is 1.23. The molecule has 1 rings (SSSR count). The summed E-state index contributed by atoms with van der Waals surface area (Å²) >= 11 is 0. The Morgan fingerprint density at radius 3 is 2.04 bits per heavy atom. The Morgan fingerprint density at radius 2 is 1.56 bits per heavy atom. The van der Waals surface area contributed by atoms with E-state index in [1.165, 1.54) is 5.57 Å². The van der Waals surface area contributed by atoms with Crippen LogP contribution in [0.25, 0.3) is 0 Å². The van der Waals surface area contributed by atoms with Crippen molar-refractivity contribution in [1.82, 2.24) is 0 Å². The number of aliphatic hydroxyl groups is 1. The van der Waals surface area contributed by atoms with Crippen LogP contribution in [0.1, 0.15) is 74.7 Å². The van der Waals surface area contributed by atoms with E-state index in [4.69, 9.17) is 4.74 Å². The number of hydrogen-bond acceptors (Lipinski definition) is 4. The highest BCUT2D eigenvalue weighted by Gasteiger charge is 2.46. The summed E-state index contributed by atoms with van der Waals surface area (Å²) in [6.45, 7) is 15.6. The molecule has 0 aliphatic carbocycles. The van der Waals surface area contributed by atoms with Gasteiger partial charge in [0.2, 0.25) is 0 Å². The first-order valence-electron chi connectivity index (χ1n) is 10.6. The van der Waals surface area contributed by atoms with Crippen molar-refractivity contribution >= 4 is 11.6 Å². The van der Waals surface area contributed by atoms with E-state index in [9.17, 15) is 14.7 Å². The molecular formula is C23H40O4. The van der Waals surface area contributed by atoms with Crippen LogP contribution in [-0.2, 0) is 14.3 Å². The molecule has 0 unspecified atom stereocenters. The van der Waals surface area contributed by atoms with Gasteiger partial charge in [-0.05, 0) is 13.3 Å². The maximum Gasteiger partial charge on any atom is 0.144 e. The Balaban J connectivity index is 2.99. The molecule has 0 aromatic heterocycles. The lowest BCUT2D eigenvalue weighted by atomic mass is 9.73. The van der Waals surface area contributed by atoms with Crippen molar-refractivity contribution < 1.29 is 19.4 Å².